The van der Waals surface area contributed by atoms with Crippen LogP contribution in [0.4, 0.5) is 0 Å². The molecule has 0 aromatic carbocycles. The van der Waals surface area contributed by atoms with Crippen molar-refractivity contribution in [2.45, 2.75) is 32.6 Å². The van der Waals surface area contributed by atoms with Crippen molar-refractivity contribution in [1.29, 1.82) is 0 Å². The van der Waals surface area contributed by atoms with Crippen LogP contribution in [0.25, 0.3) is 5.65 Å². The van der Waals surface area contributed by atoms with E-state index in [1.807, 2.05) is 0 Å². The molecular formula is C13H16ClN3O2. The van der Waals surface area contributed by atoms with E-state index in [1.54, 1.807) is 16.7 Å². The van der Waals surface area contributed by atoms with Crippen LogP contribution in [0, 0.1) is 0 Å². The van der Waals surface area contributed by atoms with Gasteiger partial charge in [-0.25, -0.2) is 4.79 Å². The van der Waals surface area contributed by atoms with E-state index in [2.05, 4.69) is 24.0 Å². The Hall–Kier alpha value is -1.62. The Balaban J connectivity index is 2.62. The highest BCUT2D eigenvalue weighted by atomic mass is 35.5. The van der Waals surface area contributed by atoms with E-state index in [4.69, 9.17) is 16.3 Å². The lowest BCUT2D eigenvalue weighted by atomic mass is 10.0. The van der Waals surface area contributed by atoms with E-state index in [0.717, 1.165) is 18.7 Å². The van der Waals surface area contributed by atoms with Gasteiger partial charge in [0, 0.05) is 12.1 Å². The summed E-state index contributed by atoms with van der Waals surface area (Å²) in [4.78, 5) is 11.6. The summed E-state index contributed by atoms with van der Waals surface area (Å²) in [5, 5.41) is 8.69. The van der Waals surface area contributed by atoms with Crippen molar-refractivity contribution in [2.75, 3.05) is 7.11 Å². The Labute approximate surface area is 116 Å². The van der Waals surface area contributed by atoms with Crippen LogP contribution < -0.4 is 0 Å². The third-order valence-corrected chi connectivity index (χ3v) is 3.54. The number of ether oxygens (including phenoxy) is 1. The highest BCUT2D eigenvalue weighted by Gasteiger charge is 2.18. The molecule has 2 rings (SSSR count). The first-order valence-electron chi connectivity index (χ1n) is 6.24. The number of hydrogen-bond donors (Lipinski definition) is 0. The van der Waals surface area contributed by atoms with Gasteiger partial charge in [0.05, 0.1) is 17.7 Å². The van der Waals surface area contributed by atoms with Gasteiger partial charge >= 0.3 is 5.97 Å². The molecule has 2 heterocycles. The Morgan fingerprint density at radius 1 is 1.42 bits per heavy atom. The lowest BCUT2D eigenvalue weighted by Crippen LogP contribution is -2.07. The Bertz CT molecular complexity index is 605. The molecule has 0 atom stereocenters. The summed E-state index contributed by atoms with van der Waals surface area (Å²) in [6, 6.07) is 1.55. The van der Waals surface area contributed by atoms with E-state index in [9.17, 15) is 4.79 Å². The monoisotopic (exact) mass is 281 g/mol. The van der Waals surface area contributed by atoms with Crippen LogP contribution in [0.5, 0.6) is 0 Å². The van der Waals surface area contributed by atoms with Gasteiger partial charge in [0.25, 0.3) is 0 Å². The zero-order valence-electron chi connectivity index (χ0n) is 11.2. The minimum Gasteiger partial charge on any atom is -0.465 e. The van der Waals surface area contributed by atoms with Gasteiger partial charge in [0.1, 0.15) is 5.82 Å². The lowest BCUT2D eigenvalue weighted by molar-refractivity contribution is 0.0600. The van der Waals surface area contributed by atoms with Crippen molar-refractivity contribution in [3.05, 3.63) is 28.7 Å². The Morgan fingerprint density at radius 3 is 2.68 bits per heavy atom. The number of methoxy groups -OCH3 is 1. The lowest BCUT2D eigenvalue weighted by Gasteiger charge is -2.10. The predicted octanol–water partition coefficient (Wildman–Crippen LogP) is 3.07. The molecule has 0 aliphatic rings. The highest BCUT2D eigenvalue weighted by Crippen LogP contribution is 2.25. The van der Waals surface area contributed by atoms with Crippen molar-refractivity contribution >= 4 is 23.2 Å². The normalized spacial score (nSPS) is 11.2. The van der Waals surface area contributed by atoms with Crippen LogP contribution in [0.1, 0.15) is 48.8 Å². The molecule has 0 fully saturated rings. The van der Waals surface area contributed by atoms with Gasteiger partial charge < -0.3 is 4.74 Å². The number of carbonyl (C=O) groups excluding carboxylic acids is 1. The van der Waals surface area contributed by atoms with Crippen molar-refractivity contribution in [1.82, 2.24) is 14.6 Å². The van der Waals surface area contributed by atoms with E-state index >= 15 is 0 Å². The van der Waals surface area contributed by atoms with Crippen LogP contribution in [0.3, 0.4) is 0 Å². The third kappa shape index (κ3) is 2.42. The second-order valence-electron chi connectivity index (χ2n) is 4.33. The minimum atomic E-state index is -0.423. The molecule has 0 N–H and O–H groups in total. The van der Waals surface area contributed by atoms with E-state index in [1.165, 1.54) is 7.11 Å². The van der Waals surface area contributed by atoms with Gasteiger partial charge in [-0.05, 0) is 18.9 Å². The molecule has 0 amide bonds. The highest BCUT2D eigenvalue weighted by molar-refractivity contribution is 6.33. The van der Waals surface area contributed by atoms with Gasteiger partial charge in [-0.3, -0.25) is 4.40 Å². The van der Waals surface area contributed by atoms with Crippen LogP contribution in [0.2, 0.25) is 5.02 Å². The SMILES string of the molecule is CCC(CC)c1nnc2c(Cl)cc(C(=O)OC)cn12. The standard InChI is InChI=1S/C13H16ClN3O2/c1-4-8(5-2)11-15-16-12-10(14)6-9(7-17(11)12)13(18)19-3/h6-8H,4-5H2,1-3H3. The fourth-order valence-electron chi connectivity index (χ4n) is 2.13. The van der Waals surface area contributed by atoms with Crippen LogP contribution >= 0.6 is 11.6 Å². The Morgan fingerprint density at radius 2 is 2.11 bits per heavy atom. The average Bonchev–Trinajstić information content (AvgIpc) is 2.84. The summed E-state index contributed by atoms with van der Waals surface area (Å²) < 4.78 is 6.50. The van der Waals surface area contributed by atoms with Crippen molar-refractivity contribution in [2.24, 2.45) is 0 Å². The number of fused-ring (bicyclic) bond motifs is 1. The van der Waals surface area contributed by atoms with Gasteiger partial charge in [0.15, 0.2) is 5.65 Å². The summed E-state index contributed by atoms with van der Waals surface area (Å²) in [6.45, 7) is 4.20. The first kappa shape index (κ1) is 13.8. The third-order valence-electron chi connectivity index (χ3n) is 3.26. The molecule has 2 aromatic heterocycles. The minimum absolute atomic E-state index is 0.291. The maximum absolute atomic E-state index is 11.6. The molecule has 19 heavy (non-hydrogen) atoms. The van der Waals surface area contributed by atoms with Crippen LogP contribution in [-0.4, -0.2) is 27.7 Å². The Kier molecular flexibility index (Phi) is 4.04. The van der Waals surface area contributed by atoms with E-state index in [0.29, 0.717) is 22.2 Å². The van der Waals surface area contributed by atoms with Crippen LogP contribution in [-0.2, 0) is 4.74 Å². The van der Waals surface area contributed by atoms with Gasteiger partial charge in [-0.1, -0.05) is 25.4 Å². The zero-order valence-corrected chi connectivity index (χ0v) is 11.9. The van der Waals surface area contributed by atoms with Crippen molar-refractivity contribution in [3.8, 4) is 0 Å². The molecule has 0 unspecified atom stereocenters. The van der Waals surface area contributed by atoms with Gasteiger partial charge in [-0.2, -0.15) is 0 Å². The predicted molar refractivity (Wildman–Crippen MR) is 72.7 cm³/mol. The number of nitrogens with zero attached hydrogens (tertiary/aromatic N) is 3. The molecule has 0 bridgehead atoms. The maximum atomic E-state index is 11.6. The number of esters is 1. The van der Waals surface area contributed by atoms with E-state index < -0.39 is 5.97 Å². The number of aromatic nitrogens is 3. The second kappa shape index (κ2) is 5.57. The maximum Gasteiger partial charge on any atom is 0.339 e. The molecule has 0 saturated heterocycles. The molecule has 102 valence electrons. The smallest absolute Gasteiger partial charge is 0.339 e. The fourth-order valence-corrected chi connectivity index (χ4v) is 2.38. The first-order chi connectivity index (χ1) is 9.12. The number of pyridine rings is 1. The summed E-state index contributed by atoms with van der Waals surface area (Å²) >= 11 is 6.14. The summed E-state index contributed by atoms with van der Waals surface area (Å²) in [6.07, 6.45) is 3.59. The summed E-state index contributed by atoms with van der Waals surface area (Å²) in [7, 11) is 1.34. The molecule has 0 spiro atoms. The van der Waals surface area contributed by atoms with Gasteiger partial charge in [-0.15, -0.1) is 10.2 Å². The molecule has 2 aromatic rings. The molecule has 5 nitrogen and oxygen atoms in total. The molecule has 0 saturated carbocycles. The van der Waals surface area contributed by atoms with Crippen molar-refractivity contribution in [3.63, 3.8) is 0 Å². The zero-order chi connectivity index (χ0) is 14.0. The molecular weight excluding hydrogens is 266 g/mol. The number of halogens is 1. The average molecular weight is 282 g/mol. The van der Waals surface area contributed by atoms with Gasteiger partial charge in [0.2, 0.25) is 0 Å². The molecule has 6 heteroatoms. The number of hydrogen-bond acceptors (Lipinski definition) is 4. The summed E-state index contributed by atoms with van der Waals surface area (Å²) in [5.41, 5.74) is 0.961. The molecule has 0 aliphatic carbocycles. The van der Waals surface area contributed by atoms with Crippen LogP contribution in [0.15, 0.2) is 12.3 Å². The molecule has 0 aliphatic heterocycles. The topological polar surface area (TPSA) is 56.5 Å². The van der Waals surface area contributed by atoms with Crippen molar-refractivity contribution < 1.29 is 9.53 Å². The number of rotatable bonds is 4. The molecule has 0 radical (unpaired) electrons. The fraction of sp³-hybridized carbons (Fsp3) is 0.462. The second-order valence-corrected chi connectivity index (χ2v) is 4.74. The quantitative estimate of drug-likeness (QED) is 0.808. The summed E-state index contributed by atoms with van der Waals surface area (Å²) in [5.74, 6) is 0.694. The van der Waals surface area contributed by atoms with E-state index in [-0.39, 0.29) is 0 Å². The largest absolute Gasteiger partial charge is 0.465 e. The first-order valence-corrected chi connectivity index (χ1v) is 6.62. The number of carbonyl (C=O) groups is 1.